The molecule has 1 aromatic carbocycles. The Kier molecular flexibility index (Phi) is 1.32. The fourth-order valence-electron chi connectivity index (χ4n) is 1.29. The molecular formula is C9H10N2. The normalized spacial score (nSPS) is 13.8. The summed E-state index contributed by atoms with van der Waals surface area (Å²) in [4.78, 5) is 0. The molecule has 2 heteroatoms. The lowest BCUT2D eigenvalue weighted by Gasteiger charge is -2.13. The Bertz CT molecular complexity index is 302. The molecule has 0 unspecified atom stereocenters. The van der Waals surface area contributed by atoms with Crippen LogP contribution in [-0.2, 0) is 6.54 Å². The summed E-state index contributed by atoms with van der Waals surface area (Å²) in [5.41, 5.74) is 9.07. The summed E-state index contributed by atoms with van der Waals surface area (Å²) in [6.45, 7) is 0.846. The number of hydrogen-bond acceptors (Lipinski definition) is 2. The van der Waals surface area contributed by atoms with E-state index in [0.29, 0.717) is 0 Å². The van der Waals surface area contributed by atoms with Crippen LogP contribution in [0.15, 0.2) is 24.4 Å². The van der Waals surface area contributed by atoms with Crippen molar-refractivity contribution in [2.45, 2.75) is 6.54 Å². The molecule has 2 nitrogen and oxygen atoms in total. The highest BCUT2D eigenvalue weighted by Crippen LogP contribution is 2.20. The van der Waals surface area contributed by atoms with E-state index in [9.17, 15) is 0 Å². The molecule has 0 atom stereocenters. The fourth-order valence-corrected chi connectivity index (χ4v) is 1.29. The predicted octanol–water partition coefficient (Wildman–Crippen LogP) is 1.34. The molecule has 0 saturated carbocycles. The molecule has 56 valence electrons. The largest absolute Gasteiger partial charge is 0.398 e. The van der Waals surface area contributed by atoms with E-state index in [2.05, 4.69) is 11.4 Å². The van der Waals surface area contributed by atoms with Crippen LogP contribution in [0.3, 0.4) is 0 Å². The minimum absolute atomic E-state index is 0.846. The van der Waals surface area contributed by atoms with Gasteiger partial charge in [-0.1, -0.05) is 12.1 Å². The van der Waals surface area contributed by atoms with Crippen LogP contribution in [0.5, 0.6) is 0 Å². The number of hydrogen-bond donors (Lipinski definition) is 2. The van der Waals surface area contributed by atoms with Crippen molar-refractivity contribution >= 4 is 11.8 Å². The van der Waals surface area contributed by atoms with Gasteiger partial charge in [0.25, 0.3) is 0 Å². The van der Waals surface area contributed by atoms with Crippen LogP contribution >= 0.6 is 0 Å². The maximum absolute atomic E-state index is 5.77. The number of rotatable bonds is 0. The van der Waals surface area contributed by atoms with Crippen LogP contribution < -0.4 is 11.1 Å². The summed E-state index contributed by atoms with van der Waals surface area (Å²) in [5.74, 6) is 0. The quantitative estimate of drug-likeness (QED) is 0.542. The number of nitrogens with one attached hydrogen (secondary N) is 1. The second kappa shape index (κ2) is 2.31. The topological polar surface area (TPSA) is 38.0 Å². The molecule has 11 heavy (non-hydrogen) atoms. The van der Waals surface area contributed by atoms with Crippen molar-refractivity contribution < 1.29 is 0 Å². The summed E-state index contributed by atoms with van der Waals surface area (Å²) in [6.07, 6.45) is 3.98. The van der Waals surface area contributed by atoms with Gasteiger partial charge in [0, 0.05) is 17.8 Å². The zero-order valence-corrected chi connectivity index (χ0v) is 6.17. The molecule has 0 fully saturated rings. The first-order valence-electron chi connectivity index (χ1n) is 3.65. The van der Waals surface area contributed by atoms with Crippen LogP contribution in [0.25, 0.3) is 6.08 Å². The first-order valence-corrected chi connectivity index (χ1v) is 3.65. The van der Waals surface area contributed by atoms with Crippen LogP contribution in [0, 0.1) is 0 Å². The van der Waals surface area contributed by atoms with Crippen LogP contribution in [0.2, 0.25) is 0 Å². The lowest BCUT2D eigenvalue weighted by atomic mass is 10.0. The molecule has 0 saturated heterocycles. The number of nitrogen functional groups attached to an aromatic ring is 1. The highest BCUT2D eigenvalue weighted by molar-refractivity contribution is 5.64. The van der Waals surface area contributed by atoms with Gasteiger partial charge in [-0.3, -0.25) is 0 Å². The van der Waals surface area contributed by atoms with E-state index in [1.165, 1.54) is 11.1 Å². The lowest BCUT2D eigenvalue weighted by molar-refractivity contribution is 0.861. The second-order valence-electron chi connectivity index (χ2n) is 2.63. The molecule has 0 bridgehead atoms. The van der Waals surface area contributed by atoms with E-state index in [-0.39, 0.29) is 0 Å². The van der Waals surface area contributed by atoms with Gasteiger partial charge in [-0.2, -0.15) is 0 Å². The summed E-state index contributed by atoms with van der Waals surface area (Å²) < 4.78 is 0. The SMILES string of the molecule is Nc1cccc2c1CNC=C2. The van der Waals surface area contributed by atoms with Gasteiger partial charge in [0.1, 0.15) is 0 Å². The molecular weight excluding hydrogens is 136 g/mol. The molecule has 0 aliphatic carbocycles. The monoisotopic (exact) mass is 146 g/mol. The van der Waals surface area contributed by atoms with Crippen molar-refractivity contribution in [3.63, 3.8) is 0 Å². The number of anilines is 1. The Hall–Kier alpha value is -1.44. The predicted molar refractivity (Wildman–Crippen MR) is 46.7 cm³/mol. The molecule has 1 aliphatic rings. The lowest BCUT2D eigenvalue weighted by Crippen LogP contribution is -2.12. The number of benzene rings is 1. The minimum atomic E-state index is 0.846. The van der Waals surface area contributed by atoms with Crippen molar-refractivity contribution in [1.29, 1.82) is 0 Å². The minimum Gasteiger partial charge on any atom is -0.398 e. The highest BCUT2D eigenvalue weighted by atomic mass is 14.8. The summed E-state index contributed by atoms with van der Waals surface area (Å²) in [7, 11) is 0. The van der Waals surface area contributed by atoms with E-state index >= 15 is 0 Å². The zero-order chi connectivity index (χ0) is 7.68. The van der Waals surface area contributed by atoms with Crippen LogP contribution in [-0.4, -0.2) is 0 Å². The van der Waals surface area contributed by atoms with Gasteiger partial charge in [0.2, 0.25) is 0 Å². The van der Waals surface area contributed by atoms with Gasteiger partial charge >= 0.3 is 0 Å². The van der Waals surface area contributed by atoms with Crippen molar-refractivity contribution in [2.24, 2.45) is 0 Å². The van der Waals surface area contributed by atoms with Crippen molar-refractivity contribution in [3.8, 4) is 0 Å². The van der Waals surface area contributed by atoms with Gasteiger partial charge in [-0.05, 0) is 23.9 Å². The zero-order valence-electron chi connectivity index (χ0n) is 6.17. The van der Waals surface area contributed by atoms with Crippen LogP contribution in [0.1, 0.15) is 11.1 Å². The Morgan fingerprint density at radius 3 is 3.09 bits per heavy atom. The second-order valence-corrected chi connectivity index (χ2v) is 2.63. The Morgan fingerprint density at radius 2 is 2.27 bits per heavy atom. The third kappa shape index (κ3) is 0.963. The Balaban J connectivity index is 2.60. The number of nitrogens with two attached hydrogens (primary N) is 1. The standard InChI is InChI=1S/C9H10N2/c10-9-3-1-2-7-4-5-11-6-8(7)9/h1-5,11H,6,10H2. The molecule has 0 spiro atoms. The number of fused-ring (bicyclic) bond motifs is 1. The van der Waals surface area contributed by atoms with Gasteiger partial charge in [0.05, 0.1) is 0 Å². The Labute approximate surface area is 65.7 Å². The average molecular weight is 146 g/mol. The average Bonchev–Trinajstić information content (AvgIpc) is 2.06. The third-order valence-electron chi connectivity index (χ3n) is 1.91. The van der Waals surface area contributed by atoms with Gasteiger partial charge in [0.15, 0.2) is 0 Å². The first-order chi connectivity index (χ1) is 5.38. The first kappa shape index (κ1) is 6.28. The maximum Gasteiger partial charge on any atom is 0.0421 e. The van der Waals surface area contributed by atoms with E-state index in [0.717, 1.165) is 12.2 Å². The third-order valence-corrected chi connectivity index (χ3v) is 1.91. The van der Waals surface area contributed by atoms with E-state index in [1.54, 1.807) is 0 Å². The smallest absolute Gasteiger partial charge is 0.0421 e. The van der Waals surface area contributed by atoms with Crippen molar-refractivity contribution in [2.75, 3.05) is 5.73 Å². The summed E-state index contributed by atoms with van der Waals surface area (Å²) in [5, 5.41) is 3.12. The van der Waals surface area contributed by atoms with Gasteiger partial charge in [-0.15, -0.1) is 0 Å². The molecule has 1 aliphatic heterocycles. The Morgan fingerprint density at radius 1 is 1.36 bits per heavy atom. The van der Waals surface area contributed by atoms with E-state index < -0.39 is 0 Å². The van der Waals surface area contributed by atoms with Crippen molar-refractivity contribution in [1.82, 2.24) is 5.32 Å². The highest BCUT2D eigenvalue weighted by Gasteiger charge is 2.05. The fraction of sp³-hybridized carbons (Fsp3) is 0.111. The van der Waals surface area contributed by atoms with E-state index in [1.807, 2.05) is 24.4 Å². The van der Waals surface area contributed by atoms with Crippen LogP contribution in [0.4, 0.5) is 5.69 Å². The molecule has 0 aromatic heterocycles. The molecule has 1 aromatic rings. The summed E-state index contributed by atoms with van der Waals surface area (Å²) >= 11 is 0. The molecule has 0 radical (unpaired) electrons. The molecule has 3 N–H and O–H groups in total. The van der Waals surface area contributed by atoms with E-state index in [4.69, 9.17) is 5.73 Å². The molecule has 1 heterocycles. The summed E-state index contributed by atoms with van der Waals surface area (Å²) in [6, 6.07) is 5.98. The molecule has 2 rings (SSSR count). The van der Waals surface area contributed by atoms with Gasteiger partial charge in [-0.25, -0.2) is 0 Å². The molecule has 0 amide bonds. The maximum atomic E-state index is 5.77. The van der Waals surface area contributed by atoms with Gasteiger partial charge < -0.3 is 11.1 Å². The van der Waals surface area contributed by atoms with Crippen molar-refractivity contribution in [3.05, 3.63) is 35.5 Å².